The number of nitrogens with zero attached hydrogens (tertiary/aromatic N) is 2. The van der Waals surface area contributed by atoms with Crippen LogP contribution in [0.1, 0.15) is 53.4 Å². The highest BCUT2D eigenvalue weighted by atomic mass is 16.4. The maximum Gasteiger partial charge on any atom is 0.317 e. The fourth-order valence-electron chi connectivity index (χ4n) is 3.67. The van der Waals surface area contributed by atoms with Gasteiger partial charge in [-0.25, -0.2) is 4.79 Å². The molecule has 1 fully saturated rings. The highest BCUT2D eigenvalue weighted by molar-refractivity contribution is 5.74. The minimum Gasteiger partial charge on any atom is -0.480 e. The van der Waals surface area contributed by atoms with Crippen molar-refractivity contribution in [2.75, 3.05) is 33.2 Å². The number of carboxylic acids is 1. The van der Waals surface area contributed by atoms with E-state index in [2.05, 4.69) is 33.0 Å². The molecule has 1 saturated heterocycles. The Hall–Kier alpha value is -1.30. The van der Waals surface area contributed by atoms with Crippen LogP contribution in [0.5, 0.6) is 0 Å². The average Bonchev–Trinajstić information content (AvgIpc) is 2.68. The van der Waals surface area contributed by atoms with Gasteiger partial charge in [-0.2, -0.15) is 0 Å². The number of carboxylic acid groups (broad SMARTS) is 1. The summed E-state index contributed by atoms with van der Waals surface area (Å²) < 4.78 is 0. The van der Waals surface area contributed by atoms with Crippen LogP contribution in [-0.4, -0.2) is 66.2 Å². The summed E-state index contributed by atoms with van der Waals surface area (Å²) in [5.41, 5.74) is 0.0971. The molecule has 1 rings (SSSR count). The second-order valence-corrected chi connectivity index (χ2v) is 8.30. The molecule has 1 unspecified atom stereocenters. The molecule has 2 amide bonds. The zero-order valence-electron chi connectivity index (χ0n) is 16.0. The number of hydrogen-bond acceptors (Lipinski definition) is 3. The van der Waals surface area contributed by atoms with Gasteiger partial charge in [-0.15, -0.1) is 0 Å². The van der Waals surface area contributed by atoms with E-state index in [1.54, 1.807) is 0 Å². The van der Waals surface area contributed by atoms with E-state index in [9.17, 15) is 9.59 Å². The Bertz CT molecular complexity index is 424. The molecule has 1 aliphatic rings. The SMILES string of the molecule is CC(C)CC(C)(C)CNC(=O)N1CCCC(N(C)CC(=O)O)CC1. The first-order chi connectivity index (χ1) is 11.1. The van der Waals surface area contributed by atoms with E-state index >= 15 is 0 Å². The number of amides is 2. The maximum atomic E-state index is 12.4. The van der Waals surface area contributed by atoms with Gasteiger partial charge in [0.2, 0.25) is 0 Å². The van der Waals surface area contributed by atoms with E-state index in [0.717, 1.165) is 32.2 Å². The smallest absolute Gasteiger partial charge is 0.317 e. The lowest BCUT2D eigenvalue weighted by atomic mass is 9.84. The Morgan fingerprint density at radius 1 is 1.29 bits per heavy atom. The molecule has 1 heterocycles. The van der Waals surface area contributed by atoms with Crippen LogP contribution in [0.2, 0.25) is 0 Å². The molecule has 0 radical (unpaired) electrons. The van der Waals surface area contributed by atoms with Gasteiger partial charge in [0.25, 0.3) is 0 Å². The Labute approximate surface area is 146 Å². The van der Waals surface area contributed by atoms with E-state index < -0.39 is 5.97 Å². The number of aliphatic carboxylic acids is 1. The van der Waals surface area contributed by atoms with E-state index in [1.165, 1.54) is 0 Å². The van der Waals surface area contributed by atoms with Crippen molar-refractivity contribution in [3.05, 3.63) is 0 Å². The molecule has 0 aromatic carbocycles. The third kappa shape index (κ3) is 7.51. The Morgan fingerprint density at radius 2 is 1.96 bits per heavy atom. The van der Waals surface area contributed by atoms with Gasteiger partial charge >= 0.3 is 12.0 Å². The molecule has 6 heteroatoms. The third-order valence-corrected chi connectivity index (χ3v) is 4.67. The van der Waals surface area contributed by atoms with Crippen molar-refractivity contribution >= 4 is 12.0 Å². The number of likely N-dealkylation sites (N-methyl/N-ethyl adjacent to an activating group) is 1. The van der Waals surface area contributed by atoms with Gasteiger partial charge in [-0.1, -0.05) is 27.7 Å². The zero-order valence-corrected chi connectivity index (χ0v) is 16.0. The van der Waals surface area contributed by atoms with Gasteiger partial charge in [0, 0.05) is 25.7 Å². The molecular formula is C18H35N3O3. The summed E-state index contributed by atoms with van der Waals surface area (Å²) in [4.78, 5) is 27.1. The Morgan fingerprint density at radius 3 is 2.54 bits per heavy atom. The predicted molar refractivity (Wildman–Crippen MR) is 96.1 cm³/mol. The lowest BCUT2D eigenvalue weighted by Gasteiger charge is -2.29. The first-order valence-corrected chi connectivity index (χ1v) is 9.05. The van der Waals surface area contributed by atoms with Gasteiger partial charge in [0.05, 0.1) is 6.54 Å². The highest BCUT2D eigenvalue weighted by Crippen LogP contribution is 2.24. The molecule has 0 aromatic rings. The molecule has 0 aliphatic carbocycles. The van der Waals surface area contributed by atoms with Gasteiger partial charge in [0.15, 0.2) is 0 Å². The molecule has 0 saturated carbocycles. The van der Waals surface area contributed by atoms with Crippen LogP contribution in [0.15, 0.2) is 0 Å². The van der Waals surface area contributed by atoms with E-state index in [1.807, 2.05) is 16.8 Å². The number of carbonyl (C=O) groups excluding carboxylic acids is 1. The van der Waals surface area contributed by atoms with Gasteiger partial charge in [-0.3, -0.25) is 9.69 Å². The van der Waals surface area contributed by atoms with Crippen LogP contribution in [-0.2, 0) is 4.79 Å². The van der Waals surface area contributed by atoms with Crippen molar-refractivity contribution in [3.63, 3.8) is 0 Å². The number of hydrogen-bond donors (Lipinski definition) is 2. The molecule has 24 heavy (non-hydrogen) atoms. The second-order valence-electron chi connectivity index (χ2n) is 8.30. The van der Waals surface area contributed by atoms with Crippen LogP contribution in [0.3, 0.4) is 0 Å². The molecule has 0 spiro atoms. The Kier molecular flexibility index (Phi) is 8.00. The summed E-state index contributed by atoms with van der Waals surface area (Å²) in [5, 5.41) is 12.0. The van der Waals surface area contributed by atoms with Crippen LogP contribution >= 0.6 is 0 Å². The first-order valence-electron chi connectivity index (χ1n) is 9.05. The lowest BCUT2D eigenvalue weighted by molar-refractivity contribution is -0.138. The van der Waals surface area contributed by atoms with Crippen LogP contribution in [0, 0.1) is 11.3 Å². The van der Waals surface area contributed by atoms with E-state index in [0.29, 0.717) is 19.0 Å². The zero-order chi connectivity index (χ0) is 18.3. The molecule has 0 aromatic heterocycles. The average molecular weight is 341 g/mol. The number of urea groups is 1. The summed E-state index contributed by atoms with van der Waals surface area (Å²) in [6, 6.07) is 0.240. The molecular weight excluding hydrogens is 306 g/mol. The van der Waals surface area contributed by atoms with Crippen LogP contribution < -0.4 is 5.32 Å². The summed E-state index contributed by atoms with van der Waals surface area (Å²) in [6.45, 7) is 10.9. The Balaban J connectivity index is 2.45. The first kappa shape index (κ1) is 20.7. The fraction of sp³-hybridized carbons (Fsp3) is 0.889. The summed E-state index contributed by atoms with van der Waals surface area (Å²) in [6.07, 6.45) is 3.76. The van der Waals surface area contributed by atoms with Crippen molar-refractivity contribution in [3.8, 4) is 0 Å². The van der Waals surface area contributed by atoms with Gasteiger partial charge < -0.3 is 15.3 Å². The van der Waals surface area contributed by atoms with Crippen molar-refractivity contribution in [2.24, 2.45) is 11.3 Å². The summed E-state index contributed by atoms with van der Waals surface area (Å²) >= 11 is 0. The highest BCUT2D eigenvalue weighted by Gasteiger charge is 2.25. The van der Waals surface area contributed by atoms with Crippen molar-refractivity contribution in [1.82, 2.24) is 15.1 Å². The number of carbonyl (C=O) groups is 2. The maximum absolute atomic E-state index is 12.4. The minimum absolute atomic E-state index is 0.00775. The monoisotopic (exact) mass is 341 g/mol. The predicted octanol–water partition coefficient (Wildman–Crippen LogP) is 2.64. The standard InChI is InChI=1S/C18H35N3O3/c1-14(2)11-18(3,4)13-19-17(24)21-9-6-7-15(8-10-21)20(5)12-16(22)23/h14-15H,6-13H2,1-5H3,(H,19,24)(H,22,23). The summed E-state index contributed by atoms with van der Waals surface area (Å²) in [5.74, 6) is -0.190. The number of rotatable bonds is 7. The molecule has 1 atom stereocenters. The fourth-order valence-corrected chi connectivity index (χ4v) is 3.67. The number of likely N-dealkylation sites (tertiary alicyclic amines) is 1. The molecule has 6 nitrogen and oxygen atoms in total. The lowest BCUT2D eigenvalue weighted by Crippen LogP contribution is -2.44. The van der Waals surface area contributed by atoms with Gasteiger partial charge in [-0.05, 0) is 44.1 Å². The topological polar surface area (TPSA) is 72.9 Å². The van der Waals surface area contributed by atoms with Crippen molar-refractivity contribution in [2.45, 2.75) is 59.4 Å². The molecule has 1 aliphatic heterocycles. The van der Waals surface area contributed by atoms with E-state index in [-0.39, 0.29) is 24.0 Å². The number of nitrogens with one attached hydrogen (secondary N) is 1. The molecule has 140 valence electrons. The van der Waals surface area contributed by atoms with Gasteiger partial charge in [0.1, 0.15) is 0 Å². The van der Waals surface area contributed by atoms with E-state index in [4.69, 9.17) is 5.11 Å². The third-order valence-electron chi connectivity index (χ3n) is 4.67. The minimum atomic E-state index is -0.802. The molecule has 0 bridgehead atoms. The summed E-state index contributed by atoms with van der Waals surface area (Å²) in [7, 11) is 1.85. The van der Waals surface area contributed by atoms with Crippen molar-refractivity contribution < 1.29 is 14.7 Å². The van der Waals surface area contributed by atoms with Crippen LogP contribution in [0.25, 0.3) is 0 Å². The van der Waals surface area contributed by atoms with Crippen molar-refractivity contribution in [1.29, 1.82) is 0 Å². The quantitative estimate of drug-likeness (QED) is 0.747. The normalized spacial score (nSPS) is 19.5. The van der Waals surface area contributed by atoms with Crippen LogP contribution in [0.4, 0.5) is 4.79 Å². The second kappa shape index (κ2) is 9.25. The molecule has 2 N–H and O–H groups in total. The largest absolute Gasteiger partial charge is 0.480 e.